The summed E-state index contributed by atoms with van der Waals surface area (Å²) in [7, 11) is 0. The second kappa shape index (κ2) is 7.41. The predicted molar refractivity (Wildman–Crippen MR) is 97.2 cm³/mol. The largest absolute Gasteiger partial charge is 0.207 e. The number of benzene rings is 3. The SMILES string of the molecule is CCCCCCc1ccc2cc(-c3ccc(F)cc3)ccc2c1. The molecule has 0 amide bonds. The molecule has 0 radical (unpaired) electrons. The Hall–Kier alpha value is -2.15. The van der Waals surface area contributed by atoms with Gasteiger partial charge in [-0.2, -0.15) is 0 Å². The van der Waals surface area contributed by atoms with Gasteiger partial charge >= 0.3 is 0 Å². The van der Waals surface area contributed by atoms with Gasteiger partial charge in [0.2, 0.25) is 0 Å². The van der Waals surface area contributed by atoms with E-state index >= 15 is 0 Å². The topological polar surface area (TPSA) is 0 Å². The van der Waals surface area contributed by atoms with Crippen LogP contribution in [0.2, 0.25) is 0 Å². The fourth-order valence-corrected chi connectivity index (χ4v) is 3.03. The first-order valence-corrected chi connectivity index (χ1v) is 8.55. The quantitative estimate of drug-likeness (QED) is 0.441. The van der Waals surface area contributed by atoms with Crippen LogP contribution >= 0.6 is 0 Å². The molecule has 23 heavy (non-hydrogen) atoms. The van der Waals surface area contributed by atoms with E-state index in [1.807, 2.05) is 12.1 Å². The van der Waals surface area contributed by atoms with Gasteiger partial charge in [-0.15, -0.1) is 0 Å². The third-order valence-electron chi connectivity index (χ3n) is 4.40. The molecule has 0 fully saturated rings. The molecule has 0 N–H and O–H groups in total. The molecule has 3 aromatic rings. The van der Waals surface area contributed by atoms with Crippen LogP contribution in [0.5, 0.6) is 0 Å². The molecule has 0 spiro atoms. The lowest BCUT2D eigenvalue weighted by atomic mass is 9.98. The average Bonchev–Trinajstić information content (AvgIpc) is 2.59. The van der Waals surface area contributed by atoms with Gasteiger partial charge in [0, 0.05) is 0 Å². The molecule has 3 rings (SSSR count). The average molecular weight is 306 g/mol. The van der Waals surface area contributed by atoms with Gasteiger partial charge in [-0.05, 0) is 58.5 Å². The van der Waals surface area contributed by atoms with Crippen molar-refractivity contribution in [2.75, 3.05) is 0 Å². The molecule has 0 unspecified atom stereocenters. The maximum absolute atomic E-state index is 13.0. The highest BCUT2D eigenvalue weighted by molar-refractivity contribution is 5.87. The highest BCUT2D eigenvalue weighted by Crippen LogP contribution is 2.26. The van der Waals surface area contributed by atoms with E-state index in [4.69, 9.17) is 0 Å². The Labute approximate surface area is 138 Å². The summed E-state index contributed by atoms with van der Waals surface area (Å²) < 4.78 is 13.0. The number of hydrogen-bond donors (Lipinski definition) is 0. The zero-order valence-corrected chi connectivity index (χ0v) is 13.7. The van der Waals surface area contributed by atoms with Crippen molar-refractivity contribution in [1.82, 2.24) is 0 Å². The molecule has 0 aliphatic heterocycles. The molecule has 0 saturated carbocycles. The van der Waals surface area contributed by atoms with Crippen LogP contribution in [-0.4, -0.2) is 0 Å². The second-order valence-corrected chi connectivity index (χ2v) is 6.21. The van der Waals surface area contributed by atoms with Crippen LogP contribution in [0.4, 0.5) is 4.39 Å². The zero-order valence-electron chi connectivity index (χ0n) is 13.7. The lowest BCUT2D eigenvalue weighted by Gasteiger charge is -2.07. The Morgan fingerprint density at radius 1 is 0.696 bits per heavy atom. The van der Waals surface area contributed by atoms with Crippen LogP contribution in [0.15, 0.2) is 60.7 Å². The smallest absolute Gasteiger partial charge is 0.123 e. The van der Waals surface area contributed by atoms with E-state index < -0.39 is 0 Å². The predicted octanol–water partition coefficient (Wildman–Crippen LogP) is 6.77. The van der Waals surface area contributed by atoms with Gasteiger partial charge < -0.3 is 0 Å². The van der Waals surface area contributed by atoms with E-state index in [-0.39, 0.29) is 5.82 Å². The van der Waals surface area contributed by atoms with Gasteiger partial charge in [0.25, 0.3) is 0 Å². The Balaban J connectivity index is 1.79. The maximum Gasteiger partial charge on any atom is 0.123 e. The van der Waals surface area contributed by atoms with Crippen LogP contribution in [0.1, 0.15) is 38.2 Å². The Morgan fingerprint density at radius 3 is 2.17 bits per heavy atom. The number of fused-ring (bicyclic) bond motifs is 1. The van der Waals surface area contributed by atoms with E-state index in [1.165, 1.54) is 54.2 Å². The van der Waals surface area contributed by atoms with E-state index in [2.05, 4.69) is 43.3 Å². The summed E-state index contributed by atoms with van der Waals surface area (Å²) in [4.78, 5) is 0. The Bertz CT molecular complexity index is 772. The molecule has 0 saturated heterocycles. The summed E-state index contributed by atoms with van der Waals surface area (Å²) in [5.74, 6) is -0.192. The number of rotatable bonds is 6. The standard InChI is InChI=1S/C22H23F/c1-2-3-4-5-6-17-7-8-21-16-20(10-9-19(21)15-17)18-11-13-22(23)14-12-18/h7-16H,2-6H2,1H3. The fourth-order valence-electron chi connectivity index (χ4n) is 3.03. The lowest BCUT2D eigenvalue weighted by molar-refractivity contribution is 0.628. The lowest BCUT2D eigenvalue weighted by Crippen LogP contribution is -1.87. The van der Waals surface area contributed by atoms with Crippen molar-refractivity contribution < 1.29 is 4.39 Å². The highest BCUT2D eigenvalue weighted by Gasteiger charge is 2.02. The molecule has 0 heterocycles. The summed E-state index contributed by atoms with van der Waals surface area (Å²) in [6.07, 6.45) is 6.36. The minimum Gasteiger partial charge on any atom is -0.207 e. The summed E-state index contributed by atoms with van der Waals surface area (Å²) in [6.45, 7) is 2.24. The van der Waals surface area contributed by atoms with Crippen molar-refractivity contribution in [3.8, 4) is 11.1 Å². The minimum atomic E-state index is -0.192. The summed E-state index contributed by atoms with van der Waals surface area (Å²) in [5, 5.41) is 2.52. The molecule has 0 aromatic heterocycles. The molecule has 0 atom stereocenters. The van der Waals surface area contributed by atoms with Gasteiger partial charge in [0.15, 0.2) is 0 Å². The van der Waals surface area contributed by atoms with E-state index in [9.17, 15) is 4.39 Å². The van der Waals surface area contributed by atoms with Crippen molar-refractivity contribution in [1.29, 1.82) is 0 Å². The first-order chi connectivity index (χ1) is 11.3. The molecule has 0 bridgehead atoms. The second-order valence-electron chi connectivity index (χ2n) is 6.21. The molecule has 3 aromatic carbocycles. The number of hydrogen-bond acceptors (Lipinski definition) is 0. The maximum atomic E-state index is 13.0. The summed E-state index contributed by atoms with van der Waals surface area (Å²) in [6, 6.07) is 19.9. The summed E-state index contributed by atoms with van der Waals surface area (Å²) >= 11 is 0. The minimum absolute atomic E-state index is 0.192. The molecule has 0 aliphatic carbocycles. The number of halogens is 1. The van der Waals surface area contributed by atoms with Crippen LogP contribution in [0.3, 0.4) is 0 Å². The van der Waals surface area contributed by atoms with Gasteiger partial charge in [0.1, 0.15) is 5.82 Å². The molecule has 118 valence electrons. The van der Waals surface area contributed by atoms with Gasteiger partial charge in [-0.25, -0.2) is 4.39 Å². The van der Waals surface area contributed by atoms with Crippen LogP contribution in [0, 0.1) is 5.82 Å². The summed E-state index contributed by atoms with van der Waals surface area (Å²) in [5.41, 5.74) is 3.60. The third kappa shape index (κ3) is 3.98. The van der Waals surface area contributed by atoms with Gasteiger partial charge in [-0.3, -0.25) is 0 Å². The molecular weight excluding hydrogens is 283 g/mol. The van der Waals surface area contributed by atoms with Crippen LogP contribution < -0.4 is 0 Å². The number of unbranched alkanes of at least 4 members (excludes halogenated alkanes) is 3. The zero-order chi connectivity index (χ0) is 16.1. The Morgan fingerprint density at radius 2 is 1.39 bits per heavy atom. The van der Waals surface area contributed by atoms with E-state index in [0.29, 0.717) is 0 Å². The van der Waals surface area contributed by atoms with E-state index in [1.54, 1.807) is 0 Å². The normalized spacial score (nSPS) is 11.0. The van der Waals surface area contributed by atoms with Crippen molar-refractivity contribution in [2.45, 2.75) is 39.0 Å². The van der Waals surface area contributed by atoms with Crippen molar-refractivity contribution in [3.05, 3.63) is 72.0 Å². The monoisotopic (exact) mass is 306 g/mol. The van der Waals surface area contributed by atoms with Crippen LogP contribution in [-0.2, 0) is 6.42 Å². The fraction of sp³-hybridized carbons (Fsp3) is 0.273. The van der Waals surface area contributed by atoms with Crippen molar-refractivity contribution >= 4 is 10.8 Å². The van der Waals surface area contributed by atoms with E-state index in [0.717, 1.165) is 17.5 Å². The third-order valence-corrected chi connectivity index (χ3v) is 4.40. The van der Waals surface area contributed by atoms with Gasteiger partial charge in [-0.1, -0.05) is 68.7 Å². The molecule has 1 heteroatoms. The van der Waals surface area contributed by atoms with Gasteiger partial charge in [0.05, 0.1) is 0 Å². The first-order valence-electron chi connectivity index (χ1n) is 8.55. The highest BCUT2D eigenvalue weighted by atomic mass is 19.1. The van der Waals surface area contributed by atoms with Crippen molar-refractivity contribution in [3.63, 3.8) is 0 Å². The number of aryl methyl sites for hydroxylation is 1. The Kier molecular flexibility index (Phi) is 5.07. The van der Waals surface area contributed by atoms with Crippen molar-refractivity contribution in [2.24, 2.45) is 0 Å². The molecule has 0 aliphatic rings. The first kappa shape index (κ1) is 15.7. The molecular formula is C22H23F. The van der Waals surface area contributed by atoms with Crippen LogP contribution in [0.25, 0.3) is 21.9 Å². The molecule has 0 nitrogen and oxygen atoms in total.